The molecule has 0 aliphatic heterocycles. The summed E-state index contributed by atoms with van der Waals surface area (Å²) in [7, 11) is 0. The van der Waals surface area contributed by atoms with Gasteiger partial charge in [0.2, 0.25) is 11.8 Å². The Kier molecular flexibility index (Phi) is 8.63. The first-order valence-electron chi connectivity index (χ1n) is 7.81. The molecule has 4 nitrogen and oxygen atoms in total. The van der Waals surface area contributed by atoms with Crippen LogP contribution in [0.2, 0.25) is 10.0 Å². The molecule has 0 aliphatic rings. The number of ether oxygens (including phenoxy) is 1. The normalized spacial score (nSPS) is 12.2. The number of nitrogens with zero attached hydrogens (tertiary/aromatic N) is 1. The highest BCUT2D eigenvalue weighted by Crippen LogP contribution is 2.35. The summed E-state index contributed by atoms with van der Waals surface area (Å²) in [4.78, 5) is 15.4. The van der Waals surface area contributed by atoms with Crippen molar-refractivity contribution in [2.24, 2.45) is 5.92 Å². The van der Waals surface area contributed by atoms with Crippen LogP contribution in [-0.4, -0.2) is 17.4 Å². The van der Waals surface area contributed by atoms with E-state index < -0.39 is 5.95 Å². The van der Waals surface area contributed by atoms with E-state index in [4.69, 9.17) is 33.7 Å². The van der Waals surface area contributed by atoms with E-state index in [1.807, 2.05) is 6.92 Å². The van der Waals surface area contributed by atoms with Crippen LogP contribution in [0.4, 0.5) is 10.1 Å². The summed E-state index contributed by atoms with van der Waals surface area (Å²) in [6.07, 6.45) is 6.14. The molecule has 0 saturated carbocycles. The highest BCUT2D eigenvalue weighted by atomic mass is 35.5. The summed E-state index contributed by atoms with van der Waals surface area (Å²) in [5.74, 6) is -0.978. The van der Waals surface area contributed by atoms with Crippen LogP contribution in [0, 0.1) is 11.9 Å². The Morgan fingerprint density at radius 2 is 2.00 bits per heavy atom. The molecule has 1 unspecified atom stereocenters. The molecular weight excluding hydrogens is 342 g/mol. The zero-order valence-electron chi connectivity index (χ0n) is 13.5. The Morgan fingerprint density at radius 3 is 2.65 bits per heavy atom. The highest BCUT2D eigenvalue weighted by Gasteiger charge is 2.18. The number of hydrogen-bond acceptors (Lipinski definition) is 4. The fourth-order valence-electron chi connectivity index (χ4n) is 2.22. The van der Waals surface area contributed by atoms with Crippen molar-refractivity contribution in [3.8, 4) is 5.88 Å². The number of Topliss-reactive ketones (excluding diaryl/α,β-unsaturated/α-hetero) is 1. The summed E-state index contributed by atoms with van der Waals surface area (Å²) in [6.45, 7) is 3.98. The van der Waals surface area contributed by atoms with Gasteiger partial charge in [-0.25, -0.2) is 0 Å². The van der Waals surface area contributed by atoms with Gasteiger partial charge in [-0.15, -0.1) is 0 Å². The molecule has 0 bridgehead atoms. The molecule has 7 heteroatoms. The molecule has 0 aromatic carbocycles. The van der Waals surface area contributed by atoms with Gasteiger partial charge in [-0.1, -0.05) is 69.2 Å². The quantitative estimate of drug-likeness (QED) is 0.465. The number of carbonyl (C=O) groups excluding carboxylic acids is 1. The predicted molar refractivity (Wildman–Crippen MR) is 91.7 cm³/mol. The van der Waals surface area contributed by atoms with Crippen molar-refractivity contribution in [3.63, 3.8) is 0 Å². The van der Waals surface area contributed by atoms with Gasteiger partial charge in [-0.3, -0.25) is 4.79 Å². The van der Waals surface area contributed by atoms with Crippen molar-refractivity contribution < 1.29 is 13.9 Å². The summed E-state index contributed by atoms with van der Waals surface area (Å²) < 4.78 is 18.6. The van der Waals surface area contributed by atoms with Crippen LogP contribution in [0.3, 0.4) is 0 Å². The summed E-state index contributed by atoms with van der Waals surface area (Å²) >= 11 is 11.5. The molecule has 1 aromatic rings. The minimum atomic E-state index is -0.972. The van der Waals surface area contributed by atoms with Crippen LogP contribution in [-0.2, 0) is 4.79 Å². The van der Waals surface area contributed by atoms with Gasteiger partial charge in [0.1, 0.15) is 16.7 Å². The van der Waals surface area contributed by atoms with Crippen LogP contribution in [0.5, 0.6) is 5.88 Å². The van der Waals surface area contributed by atoms with Crippen molar-refractivity contribution >= 4 is 34.7 Å². The van der Waals surface area contributed by atoms with Gasteiger partial charge in [0.25, 0.3) is 0 Å². The van der Waals surface area contributed by atoms with E-state index in [1.165, 1.54) is 19.3 Å². The zero-order chi connectivity index (χ0) is 17.4. The fraction of sp³-hybridized carbons (Fsp3) is 0.625. The number of carbonyl (C=O) groups is 1. The molecule has 2 N–H and O–H groups in total. The van der Waals surface area contributed by atoms with Gasteiger partial charge in [-0.2, -0.15) is 9.37 Å². The zero-order valence-corrected chi connectivity index (χ0v) is 15.0. The van der Waals surface area contributed by atoms with Crippen molar-refractivity contribution in [2.45, 2.75) is 52.4 Å². The lowest BCUT2D eigenvalue weighted by atomic mass is 9.97. The van der Waals surface area contributed by atoms with Gasteiger partial charge in [0.15, 0.2) is 5.78 Å². The molecule has 0 radical (unpaired) electrons. The number of nitrogen functional groups attached to an aromatic ring is 1. The second-order valence-corrected chi connectivity index (χ2v) is 6.49. The minimum absolute atomic E-state index is 0.0835. The first kappa shape index (κ1) is 20.0. The Bertz CT molecular complexity index is 541. The van der Waals surface area contributed by atoms with Crippen molar-refractivity contribution in [3.05, 3.63) is 16.0 Å². The van der Waals surface area contributed by atoms with Gasteiger partial charge in [0, 0.05) is 6.42 Å². The van der Waals surface area contributed by atoms with Gasteiger partial charge >= 0.3 is 0 Å². The molecule has 0 saturated heterocycles. The van der Waals surface area contributed by atoms with E-state index in [2.05, 4.69) is 11.9 Å². The van der Waals surface area contributed by atoms with E-state index in [0.717, 1.165) is 12.8 Å². The maximum atomic E-state index is 13.4. The molecule has 23 heavy (non-hydrogen) atoms. The molecule has 1 aromatic heterocycles. The highest BCUT2D eigenvalue weighted by molar-refractivity contribution is 6.39. The SMILES string of the molecule is CCCCCCC(C)CC(=O)COc1nc(F)c(Cl)c(N)c1Cl. The number of anilines is 1. The molecule has 0 spiro atoms. The number of pyridine rings is 1. The largest absolute Gasteiger partial charge is 0.468 e. The number of ketones is 1. The van der Waals surface area contributed by atoms with E-state index >= 15 is 0 Å². The fourth-order valence-corrected chi connectivity index (χ4v) is 2.60. The molecule has 0 aliphatic carbocycles. The smallest absolute Gasteiger partial charge is 0.237 e. The predicted octanol–water partition coefficient (Wildman–Crippen LogP) is 5.05. The lowest BCUT2D eigenvalue weighted by Gasteiger charge is -2.12. The standard InChI is InChI=1S/C16H23Cl2FN2O2/c1-3-4-5-6-7-10(2)8-11(22)9-23-16-13(18)14(20)12(17)15(19)21-16/h10H,3-9H2,1-2H3,(H2,20,21). The lowest BCUT2D eigenvalue weighted by molar-refractivity contribution is -0.121. The lowest BCUT2D eigenvalue weighted by Crippen LogP contribution is -2.15. The average molecular weight is 365 g/mol. The number of halogens is 3. The molecule has 1 rings (SSSR count). The first-order chi connectivity index (χ1) is 10.9. The molecule has 1 atom stereocenters. The van der Waals surface area contributed by atoms with Crippen LogP contribution >= 0.6 is 23.2 Å². The third-order valence-electron chi connectivity index (χ3n) is 3.54. The minimum Gasteiger partial charge on any atom is -0.468 e. The summed E-state index contributed by atoms with van der Waals surface area (Å²) in [6, 6.07) is 0. The topological polar surface area (TPSA) is 65.2 Å². The third kappa shape index (κ3) is 6.51. The van der Waals surface area contributed by atoms with E-state index in [9.17, 15) is 9.18 Å². The van der Waals surface area contributed by atoms with Crippen molar-refractivity contribution in [1.82, 2.24) is 4.98 Å². The average Bonchev–Trinajstić information content (AvgIpc) is 2.51. The number of aromatic nitrogens is 1. The number of nitrogens with two attached hydrogens (primary N) is 1. The number of unbranched alkanes of at least 4 members (excludes halogenated alkanes) is 3. The molecule has 0 fully saturated rings. The molecule has 0 amide bonds. The molecule has 1 heterocycles. The van der Waals surface area contributed by atoms with Gasteiger partial charge < -0.3 is 10.5 Å². The van der Waals surface area contributed by atoms with Crippen LogP contribution in [0.25, 0.3) is 0 Å². The first-order valence-corrected chi connectivity index (χ1v) is 8.56. The number of rotatable bonds is 10. The maximum Gasteiger partial charge on any atom is 0.237 e. The van der Waals surface area contributed by atoms with Crippen LogP contribution in [0.1, 0.15) is 52.4 Å². The number of hydrogen-bond donors (Lipinski definition) is 1. The molecular formula is C16H23Cl2FN2O2. The second-order valence-electron chi connectivity index (χ2n) is 5.74. The maximum absolute atomic E-state index is 13.4. The Balaban J connectivity index is 2.45. The summed E-state index contributed by atoms with van der Waals surface area (Å²) in [5, 5.41) is -0.439. The van der Waals surface area contributed by atoms with Crippen LogP contribution in [0.15, 0.2) is 0 Å². The summed E-state index contributed by atoms with van der Waals surface area (Å²) in [5.41, 5.74) is 5.40. The second kappa shape index (κ2) is 9.93. The van der Waals surface area contributed by atoms with E-state index in [1.54, 1.807) is 0 Å². The van der Waals surface area contributed by atoms with Crippen molar-refractivity contribution in [2.75, 3.05) is 12.3 Å². The molecule has 130 valence electrons. The third-order valence-corrected chi connectivity index (χ3v) is 4.26. The van der Waals surface area contributed by atoms with Gasteiger partial charge in [-0.05, 0) is 5.92 Å². The van der Waals surface area contributed by atoms with E-state index in [-0.39, 0.29) is 34.0 Å². The van der Waals surface area contributed by atoms with Crippen LogP contribution < -0.4 is 10.5 Å². The van der Waals surface area contributed by atoms with Crippen molar-refractivity contribution in [1.29, 1.82) is 0 Å². The monoisotopic (exact) mass is 364 g/mol. The van der Waals surface area contributed by atoms with Gasteiger partial charge in [0.05, 0.1) is 5.69 Å². The Hall–Kier alpha value is -1.07. The van der Waals surface area contributed by atoms with E-state index in [0.29, 0.717) is 12.3 Å². The Morgan fingerprint density at radius 1 is 1.30 bits per heavy atom. The Labute approximate surface area is 146 Å².